The number of thioether (sulfide) groups is 1. The Hall–Kier alpha value is -2.97. The van der Waals surface area contributed by atoms with E-state index in [1.807, 2.05) is 49.4 Å². The first-order valence-corrected chi connectivity index (χ1v) is 13.2. The monoisotopic (exact) mass is 504 g/mol. The number of fused-ring (bicyclic) bond motifs is 1. The molecule has 2 aliphatic heterocycles. The Balaban J connectivity index is 1.52. The van der Waals surface area contributed by atoms with Gasteiger partial charge >= 0.3 is 0 Å². The molecule has 180 valence electrons. The highest BCUT2D eigenvalue weighted by molar-refractivity contribution is 8.26. The van der Waals surface area contributed by atoms with E-state index < -0.39 is 0 Å². The Labute approximate surface area is 214 Å². The summed E-state index contributed by atoms with van der Waals surface area (Å²) in [6, 6.07) is 13.9. The van der Waals surface area contributed by atoms with E-state index in [0.717, 1.165) is 43.5 Å². The lowest BCUT2D eigenvalue weighted by molar-refractivity contribution is -0.122. The Morgan fingerprint density at radius 3 is 2.60 bits per heavy atom. The van der Waals surface area contributed by atoms with Gasteiger partial charge in [-0.15, -0.1) is 0 Å². The van der Waals surface area contributed by atoms with Gasteiger partial charge in [0.05, 0.1) is 10.5 Å². The van der Waals surface area contributed by atoms with Crippen molar-refractivity contribution < 1.29 is 4.79 Å². The molecule has 4 heterocycles. The van der Waals surface area contributed by atoms with Crippen molar-refractivity contribution in [1.29, 1.82) is 0 Å². The smallest absolute Gasteiger partial charge is 0.267 e. The van der Waals surface area contributed by atoms with Crippen LogP contribution in [0, 0.1) is 12.8 Å². The van der Waals surface area contributed by atoms with Gasteiger partial charge in [0.2, 0.25) is 0 Å². The Kier molecular flexibility index (Phi) is 6.75. The molecule has 0 radical (unpaired) electrons. The van der Waals surface area contributed by atoms with Crippen LogP contribution in [-0.2, 0) is 11.2 Å². The summed E-state index contributed by atoms with van der Waals surface area (Å²) in [5, 5.41) is 0. The molecule has 0 N–H and O–H groups in total. The average Bonchev–Trinajstić information content (AvgIpc) is 3.13. The van der Waals surface area contributed by atoms with E-state index in [1.165, 1.54) is 11.8 Å². The number of hydrogen-bond donors (Lipinski definition) is 0. The first kappa shape index (κ1) is 23.8. The highest BCUT2D eigenvalue weighted by Gasteiger charge is 2.33. The number of benzene rings is 1. The van der Waals surface area contributed by atoms with Crippen molar-refractivity contribution in [3.05, 3.63) is 80.6 Å². The molecule has 35 heavy (non-hydrogen) atoms. The fourth-order valence-electron chi connectivity index (χ4n) is 4.60. The summed E-state index contributed by atoms with van der Waals surface area (Å²) in [5.74, 6) is 1.16. The van der Waals surface area contributed by atoms with Gasteiger partial charge in [0, 0.05) is 25.8 Å². The van der Waals surface area contributed by atoms with Crippen molar-refractivity contribution in [3.63, 3.8) is 0 Å². The maximum atomic E-state index is 13.7. The largest absolute Gasteiger partial charge is 0.356 e. The number of nitrogens with zero attached hydrogens (tertiary/aromatic N) is 4. The number of aromatic nitrogens is 2. The van der Waals surface area contributed by atoms with Gasteiger partial charge < -0.3 is 4.90 Å². The summed E-state index contributed by atoms with van der Waals surface area (Å²) < 4.78 is 2.10. The molecule has 8 heteroatoms. The third kappa shape index (κ3) is 4.77. The molecular weight excluding hydrogens is 476 g/mol. The number of amides is 1. The Morgan fingerprint density at radius 1 is 1.11 bits per heavy atom. The molecule has 3 aromatic rings. The SMILES string of the molecule is Cc1cccn2c(=O)c(C=C3SC(=S)N(CCc4ccccc4)C3=O)c(N3CCC(C)CC3)nc12. The van der Waals surface area contributed by atoms with Gasteiger partial charge in [-0.2, -0.15) is 0 Å². The van der Waals surface area contributed by atoms with E-state index in [-0.39, 0.29) is 11.5 Å². The first-order valence-electron chi connectivity index (χ1n) is 12.0. The van der Waals surface area contributed by atoms with Crippen molar-refractivity contribution in [3.8, 4) is 0 Å². The average molecular weight is 505 g/mol. The minimum Gasteiger partial charge on any atom is -0.356 e. The van der Waals surface area contributed by atoms with Gasteiger partial charge in [-0.3, -0.25) is 18.9 Å². The molecule has 2 aliphatic rings. The van der Waals surface area contributed by atoms with Gasteiger partial charge in [-0.25, -0.2) is 4.98 Å². The molecule has 5 rings (SSSR count). The minimum absolute atomic E-state index is 0.150. The molecule has 0 spiro atoms. The van der Waals surface area contributed by atoms with E-state index in [4.69, 9.17) is 17.2 Å². The number of thiocarbonyl (C=S) groups is 1. The third-order valence-electron chi connectivity index (χ3n) is 6.76. The number of carbonyl (C=O) groups is 1. The summed E-state index contributed by atoms with van der Waals surface area (Å²) in [6.07, 6.45) is 6.27. The fourth-order valence-corrected chi connectivity index (χ4v) is 5.89. The maximum Gasteiger partial charge on any atom is 0.267 e. The van der Waals surface area contributed by atoms with Crippen LogP contribution in [0.5, 0.6) is 0 Å². The van der Waals surface area contributed by atoms with Gasteiger partial charge in [0.1, 0.15) is 15.8 Å². The molecular formula is C27H28N4O2S2. The number of pyridine rings is 1. The first-order chi connectivity index (χ1) is 16.9. The molecule has 2 aromatic heterocycles. The van der Waals surface area contributed by atoms with Crippen LogP contribution < -0.4 is 10.5 Å². The van der Waals surface area contributed by atoms with Crippen LogP contribution in [0.15, 0.2) is 58.4 Å². The topological polar surface area (TPSA) is 57.9 Å². The van der Waals surface area contributed by atoms with E-state index in [0.29, 0.717) is 38.7 Å². The van der Waals surface area contributed by atoms with Crippen LogP contribution in [0.25, 0.3) is 11.7 Å². The number of aryl methyl sites for hydroxylation is 1. The van der Waals surface area contributed by atoms with E-state index >= 15 is 0 Å². The maximum absolute atomic E-state index is 13.7. The van der Waals surface area contributed by atoms with Crippen LogP contribution >= 0.6 is 24.0 Å². The van der Waals surface area contributed by atoms with E-state index in [9.17, 15) is 9.59 Å². The second-order valence-corrected chi connectivity index (χ2v) is 11.0. The number of hydrogen-bond acceptors (Lipinski definition) is 6. The normalized spacial score (nSPS) is 18.3. The zero-order valence-corrected chi connectivity index (χ0v) is 21.6. The lowest BCUT2D eigenvalue weighted by Gasteiger charge is -2.32. The summed E-state index contributed by atoms with van der Waals surface area (Å²) in [7, 11) is 0. The fraction of sp³-hybridized carbons (Fsp3) is 0.333. The second-order valence-electron chi connectivity index (χ2n) is 9.28. The van der Waals surface area contributed by atoms with Crippen molar-refractivity contribution in [2.24, 2.45) is 5.92 Å². The Morgan fingerprint density at radius 2 is 1.86 bits per heavy atom. The molecule has 0 aliphatic carbocycles. The summed E-state index contributed by atoms with van der Waals surface area (Å²) in [4.78, 5) is 36.2. The van der Waals surface area contributed by atoms with Gasteiger partial charge in [-0.1, -0.05) is 67.3 Å². The molecule has 2 saturated heterocycles. The predicted molar refractivity (Wildman–Crippen MR) is 147 cm³/mol. The predicted octanol–water partition coefficient (Wildman–Crippen LogP) is 4.68. The minimum atomic E-state index is -0.165. The summed E-state index contributed by atoms with van der Waals surface area (Å²) in [6.45, 7) is 6.41. The van der Waals surface area contributed by atoms with Crippen LogP contribution in [0.1, 0.15) is 36.5 Å². The molecule has 6 nitrogen and oxygen atoms in total. The zero-order chi connectivity index (χ0) is 24.5. The van der Waals surface area contributed by atoms with Crippen LogP contribution in [0.2, 0.25) is 0 Å². The molecule has 0 saturated carbocycles. The highest BCUT2D eigenvalue weighted by atomic mass is 32.2. The zero-order valence-electron chi connectivity index (χ0n) is 19.9. The van der Waals surface area contributed by atoms with E-state index in [1.54, 1.807) is 21.6 Å². The quantitative estimate of drug-likeness (QED) is 0.371. The number of piperidine rings is 1. The summed E-state index contributed by atoms with van der Waals surface area (Å²) >= 11 is 6.80. The molecule has 1 amide bonds. The lowest BCUT2D eigenvalue weighted by atomic mass is 9.99. The van der Waals surface area contributed by atoms with Crippen molar-refractivity contribution >= 4 is 51.7 Å². The number of rotatable bonds is 5. The number of anilines is 1. The number of carbonyl (C=O) groups excluding carboxylic acids is 1. The third-order valence-corrected chi connectivity index (χ3v) is 8.14. The van der Waals surface area contributed by atoms with Gasteiger partial charge in [-0.05, 0) is 55.4 Å². The summed E-state index contributed by atoms with van der Waals surface area (Å²) in [5.41, 5.74) is 3.03. The molecule has 2 fully saturated rings. The standard InChI is InChI=1S/C27H28N4O2S2/c1-18-10-14-29(15-11-18)24-21(25(32)30-13-6-7-19(2)23(30)28-24)17-22-26(33)31(27(34)35-22)16-12-20-8-4-3-5-9-20/h3-9,13,17-18H,10-12,14-16H2,1-2H3. The Bertz CT molecular complexity index is 1380. The molecule has 1 aromatic carbocycles. The molecule has 0 bridgehead atoms. The van der Waals surface area contributed by atoms with Crippen LogP contribution in [0.4, 0.5) is 5.82 Å². The van der Waals surface area contributed by atoms with Crippen molar-refractivity contribution in [1.82, 2.24) is 14.3 Å². The second kappa shape index (κ2) is 9.95. The van der Waals surface area contributed by atoms with Gasteiger partial charge in [0.15, 0.2) is 0 Å². The van der Waals surface area contributed by atoms with Crippen LogP contribution in [-0.4, -0.2) is 44.1 Å². The van der Waals surface area contributed by atoms with Crippen molar-refractivity contribution in [2.75, 3.05) is 24.5 Å². The molecule has 0 atom stereocenters. The molecule has 0 unspecified atom stereocenters. The lowest BCUT2D eigenvalue weighted by Crippen LogP contribution is -2.36. The van der Waals surface area contributed by atoms with Crippen LogP contribution in [0.3, 0.4) is 0 Å². The van der Waals surface area contributed by atoms with E-state index in [2.05, 4.69) is 11.8 Å². The van der Waals surface area contributed by atoms with Crippen molar-refractivity contribution in [2.45, 2.75) is 33.1 Å². The van der Waals surface area contributed by atoms with Gasteiger partial charge in [0.25, 0.3) is 11.5 Å². The highest BCUT2D eigenvalue weighted by Crippen LogP contribution is 2.34.